The summed E-state index contributed by atoms with van der Waals surface area (Å²) in [5, 5.41) is 23.9. The molecule has 3 rings (SSSR count). The fourth-order valence-corrected chi connectivity index (χ4v) is 3.44. The Bertz CT molecular complexity index is 1070. The quantitative estimate of drug-likeness (QED) is 0.638. The Morgan fingerprint density at radius 2 is 2.04 bits per heavy atom. The lowest BCUT2D eigenvalue weighted by atomic mass is 10.1. The van der Waals surface area contributed by atoms with Crippen LogP contribution in [0.25, 0.3) is 5.69 Å². The highest BCUT2D eigenvalue weighted by Crippen LogP contribution is 2.26. The second kappa shape index (κ2) is 8.42. The molecule has 28 heavy (non-hydrogen) atoms. The van der Waals surface area contributed by atoms with E-state index in [4.69, 9.17) is 16.9 Å². The van der Waals surface area contributed by atoms with Gasteiger partial charge in [0, 0.05) is 5.69 Å². The normalized spacial score (nSPS) is 11.7. The number of thioether (sulfide) groups is 1. The molecule has 2 aromatic carbocycles. The van der Waals surface area contributed by atoms with E-state index < -0.39 is 5.25 Å². The third-order valence-corrected chi connectivity index (χ3v) is 5.53. The topological polar surface area (TPSA) is 96.5 Å². The van der Waals surface area contributed by atoms with E-state index in [1.807, 2.05) is 38.1 Å². The maximum Gasteiger partial charge on any atom is 0.237 e. The molecule has 0 bridgehead atoms. The molecule has 3 aromatic rings. The van der Waals surface area contributed by atoms with Crippen molar-refractivity contribution in [2.75, 3.05) is 5.32 Å². The van der Waals surface area contributed by atoms with E-state index in [1.54, 1.807) is 29.8 Å². The van der Waals surface area contributed by atoms with Crippen molar-refractivity contribution < 1.29 is 4.79 Å². The molecule has 1 aromatic heterocycles. The summed E-state index contributed by atoms with van der Waals surface area (Å²) in [4.78, 5) is 12.5. The monoisotopic (exact) mass is 412 g/mol. The van der Waals surface area contributed by atoms with Crippen molar-refractivity contribution in [1.82, 2.24) is 20.2 Å². The zero-order valence-electron chi connectivity index (χ0n) is 15.5. The van der Waals surface area contributed by atoms with Gasteiger partial charge in [0.25, 0.3) is 0 Å². The molecule has 1 unspecified atom stereocenters. The van der Waals surface area contributed by atoms with Crippen LogP contribution >= 0.6 is 23.4 Å². The van der Waals surface area contributed by atoms with Crippen LogP contribution in [0.5, 0.6) is 0 Å². The second-order valence-corrected chi connectivity index (χ2v) is 7.91. The van der Waals surface area contributed by atoms with Crippen LogP contribution in [0.3, 0.4) is 0 Å². The number of nitrogens with one attached hydrogen (secondary N) is 1. The first-order valence-electron chi connectivity index (χ1n) is 8.42. The van der Waals surface area contributed by atoms with E-state index >= 15 is 0 Å². The Morgan fingerprint density at radius 1 is 1.25 bits per heavy atom. The van der Waals surface area contributed by atoms with Gasteiger partial charge in [-0.15, -0.1) is 5.10 Å². The van der Waals surface area contributed by atoms with Crippen LogP contribution in [-0.2, 0) is 4.79 Å². The molecule has 9 heteroatoms. The largest absolute Gasteiger partial charge is 0.325 e. The number of anilines is 1. The average Bonchev–Trinajstić information content (AvgIpc) is 3.12. The van der Waals surface area contributed by atoms with Gasteiger partial charge in [0.15, 0.2) is 0 Å². The number of nitrogens with zero attached hydrogens (tertiary/aromatic N) is 5. The molecule has 0 saturated carbocycles. The van der Waals surface area contributed by atoms with E-state index in [9.17, 15) is 4.79 Å². The van der Waals surface area contributed by atoms with E-state index in [0.717, 1.165) is 11.3 Å². The predicted molar refractivity (Wildman–Crippen MR) is 109 cm³/mol. The first kappa shape index (κ1) is 19.9. The molecule has 142 valence electrons. The summed E-state index contributed by atoms with van der Waals surface area (Å²) in [7, 11) is 0. The van der Waals surface area contributed by atoms with Crippen LogP contribution in [-0.4, -0.2) is 31.4 Å². The number of rotatable bonds is 5. The van der Waals surface area contributed by atoms with E-state index in [2.05, 4.69) is 20.8 Å². The lowest BCUT2D eigenvalue weighted by Gasteiger charge is -2.12. The number of aryl methyl sites for hydroxylation is 2. The maximum absolute atomic E-state index is 12.5. The van der Waals surface area contributed by atoms with Crippen molar-refractivity contribution >= 4 is 35.0 Å². The number of halogens is 1. The van der Waals surface area contributed by atoms with Gasteiger partial charge in [-0.25, -0.2) is 0 Å². The van der Waals surface area contributed by atoms with Crippen LogP contribution in [0, 0.1) is 25.2 Å². The van der Waals surface area contributed by atoms with Gasteiger partial charge in [-0.3, -0.25) is 4.79 Å². The zero-order valence-corrected chi connectivity index (χ0v) is 17.0. The number of carbonyl (C=O) groups excluding carboxylic acids is 1. The summed E-state index contributed by atoms with van der Waals surface area (Å²) in [6, 6.07) is 12.7. The molecule has 0 radical (unpaired) electrons. The van der Waals surface area contributed by atoms with Crippen molar-refractivity contribution in [2.45, 2.75) is 31.2 Å². The van der Waals surface area contributed by atoms with E-state index in [-0.39, 0.29) is 5.91 Å². The number of tetrazole rings is 1. The summed E-state index contributed by atoms with van der Waals surface area (Å²) < 4.78 is 1.61. The Morgan fingerprint density at radius 3 is 2.71 bits per heavy atom. The summed E-state index contributed by atoms with van der Waals surface area (Å²) in [5.74, 6) is -0.222. The van der Waals surface area contributed by atoms with Gasteiger partial charge in [-0.2, -0.15) is 9.94 Å². The Balaban J connectivity index is 1.73. The van der Waals surface area contributed by atoms with Crippen molar-refractivity contribution in [1.29, 1.82) is 5.26 Å². The summed E-state index contributed by atoms with van der Waals surface area (Å²) >= 11 is 7.26. The van der Waals surface area contributed by atoms with E-state index in [1.165, 1.54) is 17.3 Å². The highest BCUT2D eigenvalue weighted by molar-refractivity contribution is 8.00. The fraction of sp³-hybridized carbons (Fsp3) is 0.211. The molecule has 0 aliphatic heterocycles. The van der Waals surface area contributed by atoms with Gasteiger partial charge < -0.3 is 5.32 Å². The molecule has 0 fully saturated rings. The molecule has 1 atom stereocenters. The molecule has 0 aliphatic carbocycles. The average molecular weight is 413 g/mol. The molecule has 7 nitrogen and oxygen atoms in total. The van der Waals surface area contributed by atoms with Gasteiger partial charge in [0.1, 0.15) is 6.07 Å². The minimum atomic E-state index is -0.453. The minimum absolute atomic E-state index is 0.222. The van der Waals surface area contributed by atoms with Crippen molar-refractivity contribution in [3.63, 3.8) is 0 Å². The third-order valence-electron chi connectivity index (χ3n) is 4.18. The molecule has 1 heterocycles. The molecule has 0 aliphatic rings. The maximum atomic E-state index is 12.5. The van der Waals surface area contributed by atoms with Crippen LogP contribution in [0.4, 0.5) is 5.69 Å². The van der Waals surface area contributed by atoms with E-state index in [0.29, 0.717) is 21.4 Å². The highest BCUT2D eigenvalue weighted by Gasteiger charge is 2.20. The number of amides is 1. The SMILES string of the molecule is Cc1ccc(-n2nnnc2SC(C)C(=O)Nc2ccc(C#N)c(Cl)c2)cc1C. The summed E-state index contributed by atoms with van der Waals surface area (Å²) in [6.07, 6.45) is 0. The molecule has 1 amide bonds. The number of nitriles is 1. The Kier molecular flexibility index (Phi) is 5.97. The summed E-state index contributed by atoms with van der Waals surface area (Å²) in [6.45, 7) is 5.83. The first-order valence-corrected chi connectivity index (χ1v) is 9.68. The predicted octanol–water partition coefficient (Wildman–Crippen LogP) is 3.92. The number of benzene rings is 2. The van der Waals surface area contributed by atoms with Gasteiger partial charge in [0.05, 0.1) is 21.5 Å². The molecule has 0 saturated heterocycles. The smallest absolute Gasteiger partial charge is 0.237 e. The Labute approximate surface area is 171 Å². The van der Waals surface area contributed by atoms with Crippen LogP contribution < -0.4 is 5.32 Å². The van der Waals surface area contributed by atoms with Crippen molar-refractivity contribution in [3.8, 4) is 11.8 Å². The highest BCUT2D eigenvalue weighted by atomic mass is 35.5. The fourth-order valence-electron chi connectivity index (χ4n) is 2.41. The van der Waals surface area contributed by atoms with Crippen molar-refractivity contribution in [3.05, 3.63) is 58.1 Å². The number of carbonyl (C=O) groups is 1. The van der Waals surface area contributed by atoms with Gasteiger partial charge in [-0.05, 0) is 72.7 Å². The molecule has 1 N–H and O–H groups in total. The Hall–Kier alpha value is -2.89. The van der Waals surface area contributed by atoms with Crippen LogP contribution in [0.2, 0.25) is 5.02 Å². The molecular weight excluding hydrogens is 396 g/mol. The lowest BCUT2D eigenvalue weighted by Crippen LogP contribution is -2.23. The third kappa shape index (κ3) is 4.32. The van der Waals surface area contributed by atoms with Crippen LogP contribution in [0.1, 0.15) is 23.6 Å². The molecular formula is C19H17ClN6OS. The van der Waals surface area contributed by atoms with Crippen LogP contribution in [0.15, 0.2) is 41.6 Å². The zero-order chi connectivity index (χ0) is 20.3. The minimum Gasteiger partial charge on any atom is -0.325 e. The first-order chi connectivity index (χ1) is 13.4. The second-order valence-electron chi connectivity index (χ2n) is 6.20. The van der Waals surface area contributed by atoms with Gasteiger partial charge in [-0.1, -0.05) is 29.4 Å². The number of hydrogen-bond donors (Lipinski definition) is 1. The number of hydrogen-bond acceptors (Lipinski definition) is 6. The van der Waals surface area contributed by atoms with Gasteiger partial charge in [0.2, 0.25) is 11.1 Å². The number of aromatic nitrogens is 4. The lowest BCUT2D eigenvalue weighted by molar-refractivity contribution is -0.115. The van der Waals surface area contributed by atoms with Crippen molar-refractivity contribution in [2.24, 2.45) is 0 Å². The summed E-state index contributed by atoms with van der Waals surface area (Å²) in [5.41, 5.74) is 4.03. The van der Waals surface area contributed by atoms with Gasteiger partial charge >= 0.3 is 0 Å². The standard InChI is InChI=1S/C19H17ClN6OS/c1-11-4-7-16(8-12(11)2)26-19(23-24-25-26)28-13(3)18(27)22-15-6-5-14(10-21)17(20)9-15/h4-9,13H,1-3H3,(H,22,27). The molecule has 0 spiro atoms.